The van der Waals surface area contributed by atoms with Crippen molar-refractivity contribution in [2.24, 2.45) is 7.05 Å². The fourth-order valence-electron chi connectivity index (χ4n) is 2.63. The van der Waals surface area contributed by atoms with Crippen molar-refractivity contribution in [2.75, 3.05) is 0 Å². The number of aromatic nitrogens is 4. The Hall–Kier alpha value is -1.88. The molecular formula is C15H16ClFN4. The molecule has 0 saturated heterocycles. The summed E-state index contributed by atoms with van der Waals surface area (Å²) in [6, 6.07) is 4.71. The molecule has 2 heterocycles. The van der Waals surface area contributed by atoms with Crippen LogP contribution < -0.4 is 0 Å². The van der Waals surface area contributed by atoms with Gasteiger partial charge in [-0.15, -0.1) is 11.6 Å². The average Bonchev–Trinajstić information content (AvgIpc) is 2.99. The molecule has 2 aromatic heterocycles. The largest absolute Gasteiger partial charge is 0.280 e. The molecule has 0 aliphatic carbocycles. The number of hydrogen-bond donors (Lipinski definition) is 0. The summed E-state index contributed by atoms with van der Waals surface area (Å²) in [5, 5.41) is 4.48. The molecule has 110 valence electrons. The quantitative estimate of drug-likeness (QED) is 0.694. The molecule has 0 spiro atoms. The third kappa shape index (κ3) is 2.12. The van der Waals surface area contributed by atoms with E-state index < -0.39 is 0 Å². The van der Waals surface area contributed by atoms with E-state index in [9.17, 15) is 4.39 Å². The summed E-state index contributed by atoms with van der Waals surface area (Å²) < 4.78 is 17.3. The lowest BCUT2D eigenvalue weighted by Gasteiger charge is -2.11. The van der Waals surface area contributed by atoms with Crippen molar-refractivity contribution in [1.82, 2.24) is 19.3 Å². The number of halogens is 2. The van der Waals surface area contributed by atoms with Crippen LogP contribution in [0, 0.1) is 12.7 Å². The Morgan fingerprint density at radius 2 is 2.10 bits per heavy atom. The third-order valence-corrected chi connectivity index (χ3v) is 3.88. The van der Waals surface area contributed by atoms with Gasteiger partial charge in [-0.1, -0.05) is 13.0 Å². The molecule has 0 atom stereocenters. The molecule has 3 rings (SSSR count). The Morgan fingerprint density at radius 3 is 2.76 bits per heavy atom. The van der Waals surface area contributed by atoms with Crippen molar-refractivity contribution in [3.8, 4) is 5.69 Å². The van der Waals surface area contributed by atoms with Gasteiger partial charge in [0.15, 0.2) is 5.65 Å². The van der Waals surface area contributed by atoms with Gasteiger partial charge >= 0.3 is 0 Å². The van der Waals surface area contributed by atoms with E-state index in [4.69, 9.17) is 11.6 Å². The van der Waals surface area contributed by atoms with Crippen LogP contribution in [0.1, 0.15) is 24.0 Å². The van der Waals surface area contributed by atoms with E-state index in [-0.39, 0.29) is 11.7 Å². The summed E-state index contributed by atoms with van der Waals surface area (Å²) in [4.78, 5) is 4.60. The second-order valence-electron chi connectivity index (χ2n) is 5.02. The minimum Gasteiger partial charge on any atom is -0.280 e. The maximum atomic E-state index is 13.7. The second-order valence-corrected chi connectivity index (χ2v) is 5.29. The van der Waals surface area contributed by atoms with Gasteiger partial charge in [-0.05, 0) is 31.0 Å². The zero-order chi connectivity index (χ0) is 15.1. The van der Waals surface area contributed by atoms with Crippen molar-refractivity contribution in [3.63, 3.8) is 0 Å². The van der Waals surface area contributed by atoms with E-state index in [1.165, 1.54) is 12.1 Å². The predicted octanol–water partition coefficient (Wildman–Crippen LogP) is 3.51. The number of imidazole rings is 1. The monoisotopic (exact) mass is 306 g/mol. The Balaban J connectivity index is 2.40. The van der Waals surface area contributed by atoms with Crippen LogP contribution >= 0.6 is 11.6 Å². The molecule has 0 bridgehead atoms. The molecule has 0 N–H and O–H groups in total. The maximum Gasteiger partial charge on any atom is 0.163 e. The highest BCUT2D eigenvalue weighted by Crippen LogP contribution is 2.27. The number of aryl methyl sites for hydroxylation is 3. The summed E-state index contributed by atoms with van der Waals surface area (Å²) in [7, 11) is 1.87. The number of benzene rings is 1. The molecule has 0 fully saturated rings. The highest BCUT2D eigenvalue weighted by atomic mass is 35.5. The van der Waals surface area contributed by atoms with E-state index in [1.54, 1.807) is 10.7 Å². The van der Waals surface area contributed by atoms with E-state index in [1.807, 2.05) is 25.5 Å². The molecule has 4 nitrogen and oxygen atoms in total. The summed E-state index contributed by atoms with van der Waals surface area (Å²) in [6.45, 7) is 3.98. The smallest absolute Gasteiger partial charge is 0.163 e. The zero-order valence-corrected chi connectivity index (χ0v) is 12.9. The first kappa shape index (κ1) is 14.1. The van der Waals surface area contributed by atoms with Gasteiger partial charge in [0.25, 0.3) is 0 Å². The van der Waals surface area contributed by atoms with Crippen LogP contribution in [0.4, 0.5) is 4.39 Å². The van der Waals surface area contributed by atoms with E-state index >= 15 is 0 Å². The van der Waals surface area contributed by atoms with Crippen molar-refractivity contribution in [2.45, 2.75) is 26.1 Å². The van der Waals surface area contributed by atoms with Crippen LogP contribution in [-0.4, -0.2) is 19.3 Å². The van der Waals surface area contributed by atoms with Crippen LogP contribution in [0.3, 0.4) is 0 Å². The fraction of sp³-hybridized carbons (Fsp3) is 0.333. The van der Waals surface area contributed by atoms with Gasteiger partial charge < -0.3 is 0 Å². The number of alkyl halides is 1. The molecule has 0 aliphatic rings. The number of hydrogen-bond acceptors (Lipinski definition) is 2. The van der Waals surface area contributed by atoms with Gasteiger partial charge in [0.05, 0.1) is 17.3 Å². The summed E-state index contributed by atoms with van der Waals surface area (Å²) in [5.74, 6) is 0.673. The molecule has 6 heteroatoms. The van der Waals surface area contributed by atoms with E-state index in [2.05, 4.69) is 10.1 Å². The summed E-state index contributed by atoms with van der Waals surface area (Å²) in [6.07, 6.45) is 0.790. The Kier molecular flexibility index (Phi) is 3.45. The zero-order valence-electron chi connectivity index (χ0n) is 12.2. The minimum atomic E-state index is -0.282. The van der Waals surface area contributed by atoms with Gasteiger partial charge in [-0.2, -0.15) is 5.10 Å². The average molecular weight is 307 g/mol. The van der Waals surface area contributed by atoms with E-state index in [0.717, 1.165) is 34.5 Å². The first-order chi connectivity index (χ1) is 10.1. The highest BCUT2D eigenvalue weighted by Gasteiger charge is 2.20. The molecule has 0 aliphatic heterocycles. The number of rotatable bonds is 3. The van der Waals surface area contributed by atoms with Crippen LogP contribution in [0.2, 0.25) is 0 Å². The minimum absolute atomic E-state index is 0.258. The summed E-state index contributed by atoms with van der Waals surface area (Å²) in [5.41, 5.74) is 4.31. The predicted molar refractivity (Wildman–Crippen MR) is 81.5 cm³/mol. The van der Waals surface area contributed by atoms with Crippen LogP contribution in [0.25, 0.3) is 16.9 Å². The van der Waals surface area contributed by atoms with Crippen molar-refractivity contribution in [3.05, 3.63) is 41.1 Å². The lowest BCUT2D eigenvalue weighted by Crippen LogP contribution is -2.06. The van der Waals surface area contributed by atoms with Crippen LogP contribution in [0.5, 0.6) is 0 Å². The molecule has 0 saturated carbocycles. The van der Waals surface area contributed by atoms with Crippen molar-refractivity contribution in [1.29, 1.82) is 0 Å². The first-order valence-corrected chi connectivity index (χ1v) is 7.36. The topological polar surface area (TPSA) is 35.6 Å². The fourth-order valence-corrected chi connectivity index (χ4v) is 2.81. The first-order valence-electron chi connectivity index (χ1n) is 6.82. The molecule has 0 unspecified atom stereocenters. The Labute approximate surface area is 127 Å². The molecule has 3 aromatic rings. The highest BCUT2D eigenvalue weighted by molar-refractivity contribution is 6.17. The van der Waals surface area contributed by atoms with Crippen LogP contribution in [-0.2, 0) is 19.3 Å². The van der Waals surface area contributed by atoms with Gasteiger partial charge in [-0.25, -0.2) is 14.1 Å². The molecule has 1 aromatic carbocycles. The normalized spacial score (nSPS) is 11.5. The van der Waals surface area contributed by atoms with Gasteiger partial charge in [0.2, 0.25) is 0 Å². The second kappa shape index (κ2) is 5.15. The summed E-state index contributed by atoms with van der Waals surface area (Å²) >= 11 is 6.04. The third-order valence-electron chi connectivity index (χ3n) is 3.64. The van der Waals surface area contributed by atoms with Gasteiger partial charge in [0, 0.05) is 7.05 Å². The number of nitrogens with zero attached hydrogens (tertiary/aromatic N) is 4. The van der Waals surface area contributed by atoms with Crippen molar-refractivity contribution < 1.29 is 4.39 Å². The SMILES string of the molecule is CCc1nn(C)c2c1nc(CCl)n2-c1cc(F)ccc1C. The Morgan fingerprint density at radius 1 is 1.33 bits per heavy atom. The standard InChI is InChI=1S/C15H16ClFN4/c1-4-11-14-15(20(3)19-11)21(13(8-16)18-14)12-7-10(17)6-5-9(12)2/h5-7H,4,8H2,1-3H3. The molecule has 0 amide bonds. The molecule has 21 heavy (non-hydrogen) atoms. The van der Waals surface area contributed by atoms with Gasteiger partial charge in [-0.3, -0.25) is 4.57 Å². The molecular weight excluding hydrogens is 291 g/mol. The Bertz CT molecular complexity index is 819. The lowest BCUT2D eigenvalue weighted by atomic mass is 10.2. The number of fused-ring (bicyclic) bond motifs is 1. The lowest BCUT2D eigenvalue weighted by molar-refractivity contribution is 0.625. The van der Waals surface area contributed by atoms with Gasteiger partial charge in [0.1, 0.15) is 17.2 Å². The van der Waals surface area contributed by atoms with E-state index in [0.29, 0.717) is 5.82 Å². The maximum absolute atomic E-state index is 13.7. The van der Waals surface area contributed by atoms with Crippen LogP contribution in [0.15, 0.2) is 18.2 Å². The van der Waals surface area contributed by atoms with Crippen molar-refractivity contribution >= 4 is 22.8 Å². The molecule has 0 radical (unpaired) electrons.